The van der Waals surface area contributed by atoms with Crippen LogP contribution >= 0.6 is 15.9 Å². The molecule has 0 fully saturated rings. The average Bonchev–Trinajstić information content (AvgIpc) is 3.11. The van der Waals surface area contributed by atoms with E-state index in [1.807, 2.05) is 60.7 Å². The maximum Gasteiger partial charge on any atom is 0.230 e. The molecule has 0 aliphatic carbocycles. The Morgan fingerprint density at radius 2 is 1.86 bits per heavy atom. The Hall–Kier alpha value is -3.38. The highest BCUT2D eigenvalue weighted by Gasteiger charge is 2.12. The summed E-state index contributed by atoms with van der Waals surface area (Å²) < 4.78 is 6.99. The monoisotopic (exact) mass is 431 g/mol. The smallest absolute Gasteiger partial charge is 0.230 e. The van der Waals surface area contributed by atoms with Crippen LogP contribution < -0.4 is 5.55 Å². The van der Waals surface area contributed by atoms with Crippen molar-refractivity contribution in [2.24, 2.45) is 4.99 Å². The number of aromatic amines is 1. The number of nitrogens with zero attached hydrogens (tertiary/aromatic N) is 2. The molecular weight excluding hydrogens is 418 g/mol. The van der Waals surface area contributed by atoms with Crippen molar-refractivity contribution in [1.82, 2.24) is 9.97 Å². The van der Waals surface area contributed by atoms with Crippen LogP contribution in [0.25, 0.3) is 33.4 Å². The van der Waals surface area contributed by atoms with E-state index in [2.05, 4.69) is 25.9 Å². The Labute approximate surface area is 168 Å². The number of nitrogens with one attached hydrogen (secondary N) is 1. The Morgan fingerprint density at radius 3 is 2.71 bits per heavy atom. The summed E-state index contributed by atoms with van der Waals surface area (Å²) in [6.07, 6.45) is 0. The van der Waals surface area contributed by atoms with Gasteiger partial charge in [-0.2, -0.15) is 0 Å². The number of fused-ring (bicyclic) bond motifs is 2. The molecular formula is C22H14BrN3O2. The molecule has 3 aromatic carbocycles. The Kier molecular flexibility index (Phi) is 3.98. The zero-order chi connectivity index (χ0) is 19.1. The molecule has 0 amide bonds. The fourth-order valence-electron chi connectivity index (χ4n) is 3.10. The summed E-state index contributed by atoms with van der Waals surface area (Å²) in [7, 11) is 0. The maximum atomic E-state index is 9.81. The van der Waals surface area contributed by atoms with Gasteiger partial charge in [0, 0.05) is 15.9 Å². The van der Waals surface area contributed by atoms with E-state index in [9.17, 15) is 5.11 Å². The molecule has 5 aromatic rings. The van der Waals surface area contributed by atoms with Crippen LogP contribution in [0, 0.1) is 0 Å². The van der Waals surface area contributed by atoms with Gasteiger partial charge in [-0.25, -0.2) is 9.98 Å². The first-order valence-electron chi connectivity index (χ1n) is 8.68. The fourth-order valence-corrected chi connectivity index (χ4v) is 3.49. The second-order valence-corrected chi connectivity index (χ2v) is 7.30. The first kappa shape index (κ1) is 16.8. The summed E-state index contributed by atoms with van der Waals surface area (Å²) in [5.41, 5.74) is 4.27. The number of aromatic nitrogens is 2. The highest BCUT2D eigenvalue weighted by atomic mass is 79.9. The summed E-state index contributed by atoms with van der Waals surface area (Å²) in [5.74, 6) is 0.815. The van der Waals surface area contributed by atoms with Crippen LogP contribution in [0.4, 0.5) is 5.69 Å². The molecule has 0 atom stereocenters. The molecule has 136 valence electrons. The van der Waals surface area contributed by atoms with Gasteiger partial charge in [0.25, 0.3) is 0 Å². The van der Waals surface area contributed by atoms with E-state index in [0.29, 0.717) is 17.0 Å². The lowest BCUT2D eigenvalue weighted by Gasteiger charge is -2.04. The second kappa shape index (κ2) is 6.65. The highest BCUT2D eigenvalue weighted by molar-refractivity contribution is 9.10. The van der Waals surface area contributed by atoms with Crippen molar-refractivity contribution < 1.29 is 9.52 Å². The van der Waals surface area contributed by atoms with Crippen molar-refractivity contribution in [2.75, 3.05) is 0 Å². The molecule has 2 N–H and O–H groups in total. The molecule has 0 saturated heterocycles. The Bertz CT molecular complexity index is 1370. The summed E-state index contributed by atoms with van der Waals surface area (Å²) in [6, 6.07) is 22.5. The Morgan fingerprint density at radius 1 is 0.964 bits per heavy atom. The number of aromatic hydroxyl groups is 1. The van der Waals surface area contributed by atoms with Crippen molar-refractivity contribution in [3.63, 3.8) is 0 Å². The van der Waals surface area contributed by atoms with Gasteiger partial charge in [-0.15, -0.1) is 0 Å². The minimum absolute atomic E-state index is 0.140. The van der Waals surface area contributed by atoms with Gasteiger partial charge in [0.15, 0.2) is 0 Å². The summed E-state index contributed by atoms with van der Waals surface area (Å²) in [6.45, 7) is 0. The molecule has 0 aliphatic heterocycles. The third-order valence-electron chi connectivity index (χ3n) is 4.42. The highest BCUT2D eigenvalue weighted by Crippen LogP contribution is 2.25. The van der Waals surface area contributed by atoms with E-state index in [1.165, 1.54) is 0 Å². The lowest BCUT2D eigenvalue weighted by atomic mass is 10.1. The van der Waals surface area contributed by atoms with Gasteiger partial charge >= 0.3 is 0 Å². The van der Waals surface area contributed by atoms with Crippen molar-refractivity contribution in [3.8, 4) is 17.1 Å². The van der Waals surface area contributed by atoms with Gasteiger partial charge in [0.05, 0.1) is 22.3 Å². The van der Waals surface area contributed by atoms with Gasteiger partial charge in [-0.3, -0.25) is 0 Å². The van der Waals surface area contributed by atoms with Crippen LogP contribution in [0.2, 0.25) is 0 Å². The van der Waals surface area contributed by atoms with Crippen LogP contribution in [-0.4, -0.2) is 15.1 Å². The van der Waals surface area contributed by atoms with Crippen molar-refractivity contribution in [2.45, 2.75) is 0 Å². The van der Waals surface area contributed by atoms with Gasteiger partial charge in [-0.05, 0) is 48.5 Å². The molecule has 5 rings (SSSR count). The number of H-pyrrole nitrogens is 1. The third-order valence-corrected chi connectivity index (χ3v) is 4.91. The number of phenols is 1. The summed E-state index contributed by atoms with van der Waals surface area (Å²) in [5, 5.41) is 10.7. The molecule has 0 unspecified atom stereocenters. The lowest BCUT2D eigenvalue weighted by molar-refractivity contribution is 0.472. The minimum Gasteiger partial charge on any atom is -0.508 e. The number of phenolic OH excluding ortho intramolecular Hbond substituents is 1. The molecule has 6 heteroatoms. The van der Waals surface area contributed by atoms with Crippen LogP contribution in [-0.2, 0) is 0 Å². The van der Waals surface area contributed by atoms with Gasteiger partial charge in [-0.1, -0.05) is 34.1 Å². The molecule has 0 radical (unpaired) electrons. The molecule has 0 bridgehead atoms. The number of benzene rings is 3. The average molecular weight is 432 g/mol. The van der Waals surface area contributed by atoms with Crippen LogP contribution in [0.5, 0.6) is 5.75 Å². The molecule has 5 nitrogen and oxygen atoms in total. The SMILES string of the molecule is Oc1ccc2cc(-c3nc4ccccc4[nH]3)c(=Nc3cccc(Br)c3)oc2c1. The van der Waals surface area contributed by atoms with E-state index in [-0.39, 0.29) is 5.75 Å². The van der Waals surface area contributed by atoms with Crippen LogP contribution in [0.3, 0.4) is 0 Å². The number of halogens is 1. The van der Waals surface area contributed by atoms with Crippen molar-refractivity contribution >= 4 is 43.6 Å². The topological polar surface area (TPSA) is 74.4 Å². The van der Waals surface area contributed by atoms with E-state index < -0.39 is 0 Å². The molecule has 2 aromatic heterocycles. The number of hydrogen-bond donors (Lipinski definition) is 2. The molecule has 0 spiro atoms. The zero-order valence-electron chi connectivity index (χ0n) is 14.6. The molecule has 2 heterocycles. The fraction of sp³-hybridized carbons (Fsp3) is 0. The molecule has 0 saturated carbocycles. The van der Waals surface area contributed by atoms with Gasteiger partial charge in [0.2, 0.25) is 5.55 Å². The van der Waals surface area contributed by atoms with Crippen molar-refractivity contribution in [1.29, 1.82) is 0 Å². The van der Waals surface area contributed by atoms with Crippen LogP contribution in [0.1, 0.15) is 0 Å². The third kappa shape index (κ3) is 3.08. The summed E-state index contributed by atoms with van der Waals surface area (Å²) in [4.78, 5) is 12.7. The summed E-state index contributed by atoms with van der Waals surface area (Å²) >= 11 is 3.47. The second-order valence-electron chi connectivity index (χ2n) is 6.38. The number of rotatable bonds is 2. The van der Waals surface area contributed by atoms with Crippen molar-refractivity contribution in [3.05, 3.63) is 82.8 Å². The maximum absolute atomic E-state index is 9.81. The van der Waals surface area contributed by atoms with E-state index >= 15 is 0 Å². The molecule has 0 aliphatic rings. The zero-order valence-corrected chi connectivity index (χ0v) is 16.1. The predicted octanol–water partition coefficient (Wildman–Crippen LogP) is 5.68. The first-order chi connectivity index (χ1) is 13.7. The van der Waals surface area contributed by atoms with E-state index in [4.69, 9.17) is 9.40 Å². The van der Waals surface area contributed by atoms with E-state index in [1.54, 1.807) is 12.1 Å². The quantitative estimate of drug-likeness (QED) is 0.377. The normalized spacial score (nSPS) is 12.1. The van der Waals surface area contributed by atoms with Gasteiger partial charge in [0.1, 0.15) is 17.2 Å². The number of hydrogen-bond acceptors (Lipinski definition) is 4. The standard InChI is InChI=1S/C22H14BrN3O2/c23-14-4-3-5-15(11-14)24-22-17(10-13-8-9-16(27)12-20(13)28-22)21-25-18-6-1-2-7-19(18)26-21/h1-12,27H,(H,25,26). The van der Waals surface area contributed by atoms with Gasteiger partial charge < -0.3 is 14.5 Å². The first-order valence-corrected chi connectivity index (χ1v) is 9.47. The predicted molar refractivity (Wildman–Crippen MR) is 112 cm³/mol. The Balaban J connectivity index is 1.82. The lowest BCUT2D eigenvalue weighted by Crippen LogP contribution is -2.06. The number of para-hydroxylation sites is 2. The van der Waals surface area contributed by atoms with Crippen LogP contribution in [0.15, 0.2) is 86.7 Å². The van der Waals surface area contributed by atoms with E-state index in [0.717, 1.165) is 32.1 Å². The minimum atomic E-state index is 0.140. The largest absolute Gasteiger partial charge is 0.508 e. The molecule has 28 heavy (non-hydrogen) atoms. The number of imidazole rings is 1.